The second kappa shape index (κ2) is 5.28. The Labute approximate surface area is 105 Å². The predicted octanol–water partition coefficient (Wildman–Crippen LogP) is 3.87. The second-order valence-corrected chi connectivity index (χ2v) is 5.59. The van der Waals surface area contributed by atoms with Crippen LogP contribution in [0.4, 0.5) is 4.39 Å². The van der Waals surface area contributed by atoms with Crippen molar-refractivity contribution in [1.29, 1.82) is 0 Å². The lowest BCUT2D eigenvalue weighted by molar-refractivity contribution is 0.501. The molecule has 2 atom stereocenters. The molecule has 0 amide bonds. The minimum absolute atomic E-state index is 0.190. The van der Waals surface area contributed by atoms with E-state index < -0.39 is 0 Å². The van der Waals surface area contributed by atoms with Gasteiger partial charge in [0.1, 0.15) is 5.82 Å². The smallest absolute Gasteiger partial charge is 0.124 e. The minimum atomic E-state index is -0.190. The first-order chi connectivity index (χ1) is 7.65. The third kappa shape index (κ3) is 3.05. The van der Waals surface area contributed by atoms with Gasteiger partial charge in [0.15, 0.2) is 0 Å². The Morgan fingerprint density at radius 3 is 2.88 bits per heavy atom. The molecule has 2 rings (SSSR count). The van der Waals surface area contributed by atoms with Gasteiger partial charge in [-0.05, 0) is 42.9 Å². The van der Waals surface area contributed by atoms with E-state index in [0.717, 1.165) is 22.5 Å². The van der Waals surface area contributed by atoms with Crippen molar-refractivity contribution in [1.82, 2.24) is 5.32 Å². The van der Waals surface area contributed by atoms with Gasteiger partial charge in [0, 0.05) is 17.1 Å². The van der Waals surface area contributed by atoms with E-state index in [1.807, 2.05) is 6.07 Å². The van der Waals surface area contributed by atoms with Gasteiger partial charge in [-0.15, -0.1) is 0 Å². The van der Waals surface area contributed by atoms with Gasteiger partial charge >= 0.3 is 0 Å². The average Bonchev–Trinajstić information content (AvgIpc) is 2.63. The SMILES string of the molecule is CC1CCC(NCc2ccc(F)cc2Br)C1. The third-order valence-corrected chi connectivity index (χ3v) is 4.03. The fourth-order valence-corrected chi connectivity index (χ4v) is 2.80. The van der Waals surface area contributed by atoms with Gasteiger partial charge in [0.2, 0.25) is 0 Å². The highest BCUT2D eigenvalue weighted by atomic mass is 79.9. The van der Waals surface area contributed by atoms with E-state index in [1.54, 1.807) is 0 Å². The molecule has 16 heavy (non-hydrogen) atoms. The van der Waals surface area contributed by atoms with Crippen LogP contribution >= 0.6 is 15.9 Å². The molecular formula is C13H17BrFN. The van der Waals surface area contributed by atoms with Crippen molar-refractivity contribution < 1.29 is 4.39 Å². The molecule has 0 spiro atoms. The van der Waals surface area contributed by atoms with Crippen molar-refractivity contribution in [2.45, 2.75) is 38.8 Å². The number of halogens is 2. The van der Waals surface area contributed by atoms with Gasteiger partial charge in [-0.3, -0.25) is 0 Å². The molecule has 1 aromatic carbocycles. The predicted molar refractivity (Wildman–Crippen MR) is 67.7 cm³/mol. The molecular weight excluding hydrogens is 269 g/mol. The van der Waals surface area contributed by atoms with Crippen LogP contribution in [-0.4, -0.2) is 6.04 Å². The number of benzene rings is 1. The van der Waals surface area contributed by atoms with Crippen molar-refractivity contribution in [2.24, 2.45) is 5.92 Å². The highest BCUT2D eigenvalue weighted by Gasteiger charge is 2.20. The molecule has 1 fully saturated rings. The van der Waals surface area contributed by atoms with Gasteiger partial charge in [0.05, 0.1) is 0 Å². The molecule has 2 unspecified atom stereocenters. The Bertz CT molecular complexity index is 367. The maximum Gasteiger partial charge on any atom is 0.124 e. The van der Waals surface area contributed by atoms with E-state index in [9.17, 15) is 4.39 Å². The second-order valence-electron chi connectivity index (χ2n) is 4.73. The zero-order valence-corrected chi connectivity index (χ0v) is 11.1. The summed E-state index contributed by atoms with van der Waals surface area (Å²) < 4.78 is 13.7. The summed E-state index contributed by atoms with van der Waals surface area (Å²) in [6.07, 6.45) is 3.85. The molecule has 88 valence electrons. The summed E-state index contributed by atoms with van der Waals surface area (Å²) in [6.45, 7) is 3.12. The quantitative estimate of drug-likeness (QED) is 0.889. The van der Waals surface area contributed by atoms with Crippen LogP contribution in [0, 0.1) is 11.7 Å². The van der Waals surface area contributed by atoms with Crippen LogP contribution in [0.2, 0.25) is 0 Å². The zero-order valence-electron chi connectivity index (χ0n) is 9.47. The molecule has 3 heteroatoms. The molecule has 1 aliphatic rings. The van der Waals surface area contributed by atoms with E-state index in [2.05, 4.69) is 28.2 Å². The molecule has 1 aromatic rings. The van der Waals surface area contributed by atoms with Gasteiger partial charge in [-0.2, -0.15) is 0 Å². The highest BCUT2D eigenvalue weighted by molar-refractivity contribution is 9.10. The van der Waals surface area contributed by atoms with E-state index in [-0.39, 0.29) is 5.82 Å². The van der Waals surface area contributed by atoms with Crippen LogP contribution in [0.3, 0.4) is 0 Å². The number of nitrogens with one attached hydrogen (secondary N) is 1. The largest absolute Gasteiger partial charge is 0.310 e. The van der Waals surface area contributed by atoms with Crippen LogP contribution in [0.5, 0.6) is 0 Å². The first kappa shape index (κ1) is 12.1. The lowest BCUT2D eigenvalue weighted by Crippen LogP contribution is -2.25. The summed E-state index contributed by atoms with van der Waals surface area (Å²) in [5.41, 5.74) is 1.13. The Kier molecular flexibility index (Phi) is 3.98. The maximum absolute atomic E-state index is 12.9. The maximum atomic E-state index is 12.9. The molecule has 1 N–H and O–H groups in total. The summed E-state index contributed by atoms with van der Waals surface area (Å²) >= 11 is 3.39. The Hall–Kier alpha value is -0.410. The Morgan fingerprint density at radius 2 is 2.25 bits per heavy atom. The monoisotopic (exact) mass is 285 g/mol. The molecule has 1 aliphatic carbocycles. The average molecular weight is 286 g/mol. The number of rotatable bonds is 3. The van der Waals surface area contributed by atoms with E-state index >= 15 is 0 Å². The van der Waals surface area contributed by atoms with Crippen LogP contribution in [0.15, 0.2) is 22.7 Å². The van der Waals surface area contributed by atoms with Gasteiger partial charge in [-0.1, -0.05) is 28.9 Å². The van der Waals surface area contributed by atoms with Crippen molar-refractivity contribution in [3.05, 3.63) is 34.1 Å². The Morgan fingerprint density at radius 1 is 1.44 bits per heavy atom. The Balaban J connectivity index is 1.89. The third-order valence-electron chi connectivity index (χ3n) is 3.29. The van der Waals surface area contributed by atoms with Crippen LogP contribution < -0.4 is 5.32 Å². The van der Waals surface area contributed by atoms with Crippen LogP contribution in [-0.2, 0) is 6.54 Å². The van der Waals surface area contributed by atoms with Crippen molar-refractivity contribution >= 4 is 15.9 Å². The molecule has 0 heterocycles. The molecule has 0 aromatic heterocycles. The zero-order chi connectivity index (χ0) is 11.5. The highest BCUT2D eigenvalue weighted by Crippen LogP contribution is 2.25. The van der Waals surface area contributed by atoms with Gasteiger partial charge < -0.3 is 5.32 Å². The van der Waals surface area contributed by atoms with Gasteiger partial charge in [-0.25, -0.2) is 4.39 Å². The first-order valence-electron chi connectivity index (χ1n) is 5.82. The lowest BCUT2D eigenvalue weighted by Gasteiger charge is -2.13. The van der Waals surface area contributed by atoms with E-state index in [4.69, 9.17) is 0 Å². The topological polar surface area (TPSA) is 12.0 Å². The van der Waals surface area contributed by atoms with Crippen LogP contribution in [0.1, 0.15) is 31.7 Å². The summed E-state index contributed by atoms with van der Waals surface area (Å²) in [7, 11) is 0. The normalized spacial score (nSPS) is 24.9. The summed E-state index contributed by atoms with van der Waals surface area (Å²) in [5.74, 6) is 0.652. The first-order valence-corrected chi connectivity index (χ1v) is 6.62. The number of hydrogen-bond donors (Lipinski definition) is 1. The fourth-order valence-electron chi connectivity index (χ4n) is 2.31. The fraction of sp³-hybridized carbons (Fsp3) is 0.538. The molecule has 0 aliphatic heterocycles. The van der Waals surface area contributed by atoms with Gasteiger partial charge in [0.25, 0.3) is 0 Å². The minimum Gasteiger partial charge on any atom is -0.310 e. The molecule has 1 saturated carbocycles. The number of hydrogen-bond acceptors (Lipinski definition) is 1. The van der Waals surface area contributed by atoms with Crippen molar-refractivity contribution in [3.63, 3.8) is 0 Å². The summed E-state index contributed by atoms with van der Waals surface area (Å²) in [5, 5.41) is 3.54. The molecule has 1 nitrogen and oxygen atoms in total. The molecule has 0 saturated heterocycles. The van der Waals surface area contributed by atoms with Crippen molar-refractivity contribution in [2.75, 3.05) is 0 Å². The van der Waals surface area contributed by atoms with E-state index in [0.29, 0.717) is 6.04 Å². The standard InChI is InChI=1S/C13H17BrFN/c1-9-2-5-12(6-9)16-8-10-3-4-11(15)7-13(10)14/h3-4,7,9,12,16H,2,5-6,8H2,1H3. The van der Waals surface area contributed by atoms with Crippen molar-refractivity contribution in [3.8, 4) is 0 Å². The summed E-state index contributed by atoms with van der Waals surface area (Å²) in [4.78, 5) is 0. The van der Waals surface area contributed by atoms with Crippen LogP contribution in [0.25, 0.3) is 0 Å². The van der Waals surface area contributed by atoms with E-state index in [1.165, 1.54) is 31.4 Å². The summed E-state index contributed by atoms with van der Waals surface area (Å²) in [6, 6.07) is 5.50. The lowest BCUT2D eigenvalue weighted by atomic mass is 10.1. The molecule has 0 bridgehead atoms. The molecule has 0 radical (unpaired) electrons.